The summed E-state index contributed by atoms with van der Waals surface area (Å²) in [5.74, 6) is 2.41. The van der Waals surface area contributed by atoms with Gasteiger partial charge in [-0.3, -0.25) is 4.79 Å². The molecule has 0 atom stereocenters. The summed E-state index contributed by atoms with van der Waals surface area (Å²) in [5, 5.41) is 10.3. The Balaban J connectivity index is 1.25. The van der Waals surface area contributed by atoms with Gasteiger partial charge >= 0.3 is 0 Å². The summed E-state index contributed by atoms with van der Waals surface area (Å²) in [4.78, 5) is 30.8. The molecular weight excluding hydrogens is 452 g/mol. The molecule has 0 unspecified atom stereocenters. The number of rotatable bonds is 8. The smallest absolute Gasteiger partial charge is 0.232 e. The Morgan fingerprint density at radius 3 is 2.44 bits per heavy atom. The molecule has 1 aliphatic carbocycles. The quantitative estimate of drug-likeness (QED) is 0.523. The molecule has 1 saturated carbocycles. The maximum Gasteiger partial charge on any atom is 0.232 e. The van der Waals surface area contributed by atoms with E-state index < -0.39 is 0 Å². The lowest BCUT2D eigenvalue weighted by Crippen LogP contribution is -2.45. The number of likely N-dealkylation sites (N-methyl/N-ethyl adjacent to an activating group) is 1. The summed E-state index contributed by atoms with van der Waals surface area (Å²) in [7, 11) is 3.96. The van der Waals surface area contributed by atoms with Crippen molar-refractivity contribution in [3.63, 3.8) is 0 Å². The minimum atomic E-state index is 0.0873. The van der Waals surface area contributed by atoms with Crippen LogP contribution in [-0.2, 0) is 11.3 Å². The first-order chi connectivity index (χ1) is 16.5. The van der Waals surface area contributed by atoms with Crippen molar-refractivity contribution in [2.45, 2.75) is 44.7 Å². The lowest BCUT2D eigenvalue weighted by atomic mass is 9.84. The number of nitrogens with zero attached hydrogens (tertiary/aromatic N) is 5. The normalized spacial score (nSPS) is 21.2. The van der Waals surface area contributed by atoms with Gasteiger partial charge in [-0.25, -0.2) is 0 Å². The second-order valence-corrected chi connectivity index (χ2v) is 9.66. The molecule has 1 aromatic heterocycles. The summed E-state index contributed by atoms with van der Waals surface area (Å²) in [5.41, 5.74) is 0.944. The fourth-order valence-electron chi connectivity index (χ4n) is 4.55. The van der Waals surface area contributed by atoms with Crippen molar-refractivity contribution in [1.29, 1.82) is 0 Å². The van der Waals surface area contributed by atoms with Crippen molar-refractivity contribution in [1.82, 2.24) is 25.2 Å². The van der Waals surface area contributed by atoms with Crippen LogP contribution in [0, 0.1) is 5.92 Å². The van der Waals surface area contributed by atoms with Crippen LogP contribution in [0.3, 0.4) is 0 Å². The molecule has 0 radical (unpaired) electrons. The number of hydrogen-bond acceptors (Lipinski definition) is 8. The van der Waals surface area contributed by atoms with E-state index in [-0.39, 0.29) is 5.91 Å². The van der Waals surface area contributed by atoms with E-state index in [0.29, 0.717) is 41.8 Å². The zero-order valence-corrected chi connectivity index (χ0v) is 20.8. The second-order valence-electron chi connectivity index (χ2n) is 9.26. The van der Waals surface area contributed by atoms with Gasteiger partial charge in [0.05, 0.1) is 0 Å². The third-order valence-electron chi connectivity index (χ3n) is 6.72. The van der Waals surface area contributed by atoms with Crippen molar-refractivity contribution in [3.8, 4) is 0 Å². The van der Waals surface area contributed by atoms with Crippen LogP contribution in [0.4, 0.5) is 17.8 Å². The van der Waals surface area contributed by atoms with E-state index in [9.17, 15) is 4.79 Å². The predicted molar refractivity (Wildman–Crippen MR) is 136 cm³/mol. The lowest BCUT2D eigenvalue weighted by Gasteiger charge is -2.33. The maximum atomic E-state index is 12.4. The number of aromatic nitrogens is 3. The molecule has 0 spiro atoms. The SMILES string of the molecule is CNc1nc(NC2CCC(CC(=O)NCc3ccccc3Cl)CC2)nc(N2CCN(C)CC2)n1. The van der Waals surface area contributed by atoms with Crippen LogP contribution in [0.2, 0.25) is 5.02 Å². The van der Waals surface area contributed by atoms with Crippen molar-refractivity contribution in [2.75, 3.05) is 55.8 Å². The molecule has 34 heavy (non-hydrogen) atoms. The van der Waals surface area contributed by atoms with E-state index in [0.717, 1.165) is 63.4 Å². The minimum absolute atomic E-state index is 0.0873. The fraction of sp³-hybridized carbons (Fsp3) is 0.583. The Kier molecular flexibility index (Phi) is 8.39. The summed E-state index contributed by atoms with van der Waals surface area (Å²) >= 11 is 6.18. The highest BCUT2D eigenvalue weighted by Crippen LogP contribution is 2.29. The average Bonchev–Trinajstić information content (AvgIpc) is 2.85. The van der Waals surface area contributed by atoms with Gasteiger partial charge in [-0.15, -0.1) is 0 Å². The highest BCUT2D eigenvalue weighted by atomic mass is 35.5. The number of hydrogen-bond donors (Lipinski definition) is 3. The zero-order chi connectivity index (χ0) is 23.9. The van der Waals surface area contributed by atoms with Gasteiger partial charge in [0, 0.05) is 57.3 Å². The van der Waals surface area contributed by atoms with E-state index in [1.54, 1.807) is 0 Å². The molecule has 1 aromatic carbocycles. The molecule has 184 valence electrons. The largest absolute Gasteiger partial charge is 0.357 e. The number of amides is 1. The van der Waals surface area contributed by atoms with Gasteiger partial charge in [-0.2, -0.15) is 15.0 Å². The fourth-order valence-corrected chi connectivity index (χ4v) is 4.75. The van der Waals surface area contributed by atoms with E-state index in [1.165, 1.54) is 0 Å². The third-order valence-corrected chi connectivity index (χ3v) is 7.09. The number of carbonyl (C=O) groups excluding carboxylic acids is 1. The molecule has 10 heteroatoms. The number of halogens is 1. The molecule has 1 amide bonds. The molecule has 9 nitrogen and oxygen atoms in total. The number of piperazine rings is 1. The molecular formula is C24H35ClN8O. The topological polar surface area (TPSA) is 98.3 Å². The van der Waals surface area contributed by atoms with Gasteiger partial charge in [-0.05, 0) is 50.3 Å². The summed E-state index contributed by atoms with van der Waals surface area (Å²) in [6.45, 7) is 4.29. The van der Waals surface area contributed by atoms with Crippen molar-refractivity contribution in [3.05, 3.63) is 34.9 Å². The van der Waals surface area contributed by atoms with Gasteiger partial charge in [0.15, 0.2) is 0 Å². The Labute approximate surface area is 206 Å². The standard InChI is InChI=1S/C24H35ClN8O/c1-26-22-29-23(31-24(30-22)33-13-11-32(2)12-14-33)28-19-9-7-17(8-10-19)15-21(34)27-16-18-5-3-4-6-20(18)25/h3-6,17,19H,7-16H2,1-2H3,(H,27,34)(H2,26,28,29,30,31). The van der Waals surface area contributed by atoms with Crippen LogP contribution in [0.5, 0.6) is 0 Å². The number of nitrogens with one attached hydrogen (secondary N) is 3. The Bertz CT molecular complexity index is 958. The van der Waals surface area contributed by atoms with Crippen LogP contribution in [0.15, 0.2) is 24.3 Å². The monoisotopic (exact) mass is 486 g/mol. The highest BCUT2D eigenvalue weighted by molar-refractivity contribution is 6.31. The second kappa shape index (κ2) is 11.7. The minimum Gasteiger partial charge on any atom is -0.357 e. The highest BCUT2D eigenvalue weighted by Gasteiger charge is 2.25. The van der Waals surface area contributed by atoms with Crippen LogP contribution in [0.25, 0.3) is 0 Å². The van der Waals surface area contributed by atoms with Crippen molar-refractivity contribution < 1.29 is 4.79 Å². The maximum absolute atomic E-state index is 12.4. The van der Waals surface area contributed by atoms with Gasteiger partial charge in [0.2, 0.25) is 23.8 Å². The zero-order valence-electron chi connectivity index (χ0n) is 20.1. The van der Waals surface area contributed by atoms with E-state index in [1.807, 2.05) is 31.3 Å². The first-order valence-electron chi connectivity index (χ1n) is 12.1. The predicted octanol–water partition coefficient (Wildman–Crippen LogP) is 3.00. The Morgan fingerprint density at radius 2 is 1.74 bits per heavy atom. The van der Waals surface area contributed by atoms with Crippen LogP contribution in [0.1, 0.15) is 37.7 Å². The average molecular weight is 487 g/mol. The van der Waals surface area contributed by atoms with Gasteiger partial charge < -0.3 is 25.8 Å². The first kappa shape index (κ1) is 24.5. The van der Waals surface area contributed by atoms with Crippen LogP contribution in [-0.4, -0.2) is 72.1 Å². The van der Waals surface area contributed by atoms with E-state index in [4.69, 9.17) is 16.6 Å². The van der Waals surface area contributed by atoms with E-state index >= 15 is 0 Å². The van der Waals surface area contributed by atoms with Crippen molar-refractivity contribution >= 4 is 35.4 Å². The third kappa shape index (κ3) is 6.70. The number of benzene rings is 1. The summed E-state index contributed by atoms with van der Waals surface area (Å²) < 4.78 is 0. The molecule has 3 N–H and O–H groups in total. The molecule has 2 heterocycles. The molecule has 2 aromatic rings. The van der Waals surface area contributed by atoms with Gasteiger partial charge in [0.25, 0.3) is 0 Å². The number of carbonyl (C=O) groups is 1. The van der Waals surface area contributed by atoms with Crippen LogP contribution >= 0.6 is 11.6 Å². The molecule has 0 bridgehead atoms. The van der Waals surface area contributed by atoms with Crippen LogP contribution < -0.4 is 20.9 Å². The first-order valence-corrected chi connectivity index (χ1v) is 12.5. The molecule has 2 fully saturated rings. The molecule has 1 aliphatic heterocycles. The Hall–Kier alpha value is -2.65. The van der Waals surface area contributed by atoms with Crippen molar-refractivity contribution in [2.24, 2.45) is 5.92 Å². The summed E-state index contributed by atoms with van der Waals surface area (Å²) in [6, 6.07) is 7.91. The molecule has 4 rings (SSSR count). The molecule has 1 saturated heterocycles. The lowest BCUT2D eigenvalue weighted by molar-refractivity contribution is -0.122. The Morgan fingerprint density at radius 1 is 1.03 bits per heavy atom. The van der Waals surface area contributed by atoms with Gasteiger partial charge in [0.1, 0.15) is 0 Å². The van der Waals surface area contributed by atoms with E-state index in [2.05, 4.69) is 42.8 Å². The molecule has 2 aliphatic rings. The van der Waals surface area contributed by atoms with Gasteiger partial charge in [-0.1, -0.05) is 29.8 Å². The summed E-state index contributed by atoms with van der Waals surface area (Å²) in [6.07, 6.45) is 4.55. The number of anilines is 3.